The lowest BCUT2D eigenvalue weighted by atomic mass is 10.0. The van der Waals surface area contributed by atoms with Crippen LogP contribution in [0.3, 0.4) is 0 Å². The van der Waals surface area contributed by atoms with E-state index in [4.69, 9.17) is 4.74 Å². The Bertz CT molecular complexity index is 369. The lowest BCUT2D eigenvalue weighted by Gasteiger charge is -2.14. The smallest absolute Gasteiger partial charge is 0.133 e. The van der Waals surface area contributed by atoms with Gasteiger partial charge in [-0.15, -0.1) is 0 Å². The van der Waals surface area contributed by atoms with Crippen LogP contribution in [-0.2, 0) is 6.54 Å². The van der Waals surface area contributed by atoms with Crippen molar-refractivity contribution in [3.05, 3.63) is 28.2 Å². The SMILES string of the molecule is COc1ccc(CNCCC(O)C(C)C)cc1Br. The summed E-state index contributed by atoms with van der Waals surface area (Å²) in [6.07, 6.45) is 0.565. The van der Waals surface area contributed by atoms with Gasteiger partial charge in [0.1, 0.15) is 5.75 Å². The third-order valence-electron chi connectivity index (χ3n) is 2.93. The van der Waals surface area contributed by atoms with Crippen molar-refractivity contribution < 1.29 is 9.84 Å². The average molecular weight is 316 g/mol. The summed E-state index contributed by atoms with van der Waals surface area (Å²) in [6, 6.07) is 6.03. The summed E-state index contributed by atoms with van der Waals surface area (Å²) in [5, 5.41) is 13.0. The van der Waals surface area contributed by atoms with Crippen LogP contribution >= 0.6 is 15.9 Å². The van der Waals surface area contributed by atoms with Gasteiger partial charge in [-0.3, -0.25) is 0 Å². The summed E-state index contributed by atoms with van der Waals surface area (Å²) < 4.78 is 6.15. The van der Waals surface area contributed by atoms with Gasteiger partial charge < -0.3 is 15.2 Å². The van der Waals surface area contributed by atoms with Crippen LogP contribution in [0.4, 0.5) is 0 Å². The number of methoxy groups -OCH3 is 1. The van der Waals surface area contributed by atoms with Crippen molar-refractivity contribution in [2.75, 3.05) is 13.7 Å². The van der Waals surface area contributed by atoms with Crippen LogP contribution in [0.2, 0.25) is 0 Å². The van der Waals surface area contributed by atoms with E-state index in [0.717, 1.165) is 29.7 Å². The molecule has 1 aromatic carbocycles. The highest BCUT2D eigenvalue weighted by Crippen LogP contribution is 2.25. The second kappa shape index (κ2) is 7.77. The number of benzene rings is 1. The molecule has 0 amide bonds. The molecule has 18 heavy (non-hydrogen) atoms. The van der Waals surface area contributed by atoms with E-state index < -0.39 is 0 Å². The average Bonchev–Trinajstić information content (AvgIpc) is 2.34. The topological polar surface area (TPSA) is 41.5 Å². The van der Waals surface area contributed by atoms with Crippen LogP contribution in [0.1, 0.15) is 25.8 Å². The lowest BCUT2D eigenvalue weighted by molar-refractivity contribution is 0.116. The van der Waals surface area contributed by atoms with E-state index in [2.05, 4.69) is 21.2 Å². The monoisotopic (exact) mass is 315 g/mol. The predicted octanol–water partition coefficient (Wildman–Crippen LogP) is 2.95. The minimum Gasteiger partial charge on any atom is -0.496 e. The fraction of sp³-hybridized carbons (Fsp3) is 0.571. The Hall–Kier alpha value is -0.580. The Morgan fingerprint density at radius 3 is 2.67 bits per heavy atom. The molecule has 0 aliphatic carbocycles. The van der Waals surface area contributed by atoms with Gasteiger partial charge in [0.2, 0.25) is 0 Å². The van der Waals surface area contributed by atoms with Gasteiger partial charge in [0, 0.05) is 6.54 Å². The molecule has 4 heteroatoms. The third-order valence-corrected chi connectivity index (χ3v) is 3.55. The highest BCUT2D eigenvalue weighted by Gasteiger charge is 2.08. The number of halogens is 1. The minimum atomic E-state index is -0.222. The van der Waals surface area contributed by atoms with Crippen molar-refractivity contribution in [1.29, 1.82) is 0 Å². The van der Waals surface area contributed by atoms with Gasteiger partial charge in [0.15, 0.2) is 0 Å². The van der Waals surface area contributed by atoms with Crippen molar-refractivity contribution >= 4 is 15.9 Å². The van der Waals surface area contributed by atoms with E-state index in [-0.39, 0.29) is 6.10 Å². The van der Waals surface area contributed by atoms with Crippen molar-refractivity contribution in [3.8, 4) is 5.75 Å². The highest BCUT2D eigenvalue weighted by molar-refractivity contribution is 9.10. The number of aliphatic hydroxyl groups is 1. The normalized spacial score (nSPS) is 12.8. The minimum absolute atomic E-state index is 0.222. The van der Waals surface area contributed by atoms with Gasteiger partial charge in [-0.05, 0) is 52.5 Å². The van der Waals surface area contributed by atoms with E-state index in [1.54, 1.807) is 7.11 Å². The zero-order valence-electron chi connectivity index (χ0n) is 11.2. The van der Waals surface area contributed by atoms with Gasteiger partial charge in [-0.1, -0.05) is 19.9 Å². The fourth-order valence-electron chi connectivity index (χ4n) is 1.64. The molecule has 2 N–H and O–H groups in total. The van der Waals surface area contributed by atoms with Crippen LogP contribution in [0.25, 0.3) is 0 Å². The van der Waals surface area contributed by atoms with Gasteiger partial charge in [-0.2, -0.15) is 0 Å². The Balaban J connectivity index is 2.33. The van der Waals surface area contributed by atoms with Crippen LogP contribution < -0.4 is 10.1 Å². The number of hydrogen-bond acceptors (Lipinski definition) is 3. The van der Waals surface area contributed by atoms with Gasteiger partial charge in [0.25, 0.3) is 0 Å². The maximum atomic E-state index is 9.67. The molecule has 0 spiro atoms. The fourth-order valence-corrected chi connectivity index (χ4v) is 2.22. The van der Waals surface area contributed by atoms with E-state index in [0.29, 0.717) is 5.92 Å². The molecule has 1 unspecified atom stereocenters. The first-order valence-corrected chi connectivity index (χ1v) is 7.05. The molecule has 0 aromatic heterocycles. The number of hydrogen-bond donors (Lipinski definition) is 2. The molecule has 0 aliphatic heterocycles. The molecule has 102 valence electrons. The molecule has 1 aromatic rings. The highest BCUT2D eigenvalue weighted by atomic mass is 79.9. The second-order valence-electron chi connectivity index (χ2n) is 4.75. The van der Waals surface area contributed by atoms with Crippen molar-refractivity contribution in [2.24, 2.45) is 5.92 Å². The maximum absolute atomic E-state index is 9.67. The molecule has 0 saturated heterocycles. The van der Waals surface area contributed by atoms with Crippen molar-refractivity contribution in [1.82, 2.24) is 5.32 Å². The molecule has 3 nitrogen and oxygen atoms in total. The molecular weight excluding hydrogens is 294 g/mol. The van der Waals surface area contributed by atoms with E-state index in [1.165, 1.54) is 5.56 Å². The molecular formula is C14H22BrNO2. The van der Waals surface area contributed by atoms with Crippen LogP contribution in [0.15, 0.2) is 22.7 Å². The molecule has 0 bridgehead atoms. The van der Waals surface area contributed by atoms with Gasteiger partial charge in [-0.25, -0.2) is 0 Å². The van der Waals surface area contributed by atoms with E-state index in [9.17, 15) is 5.11 Å². The molecule has 0 aliphatic rings. The first-order chi connectivity index (χ1) is 8.54. The molecule has 1 rings (SSSR count). The Morgan fingerprint density at radius 2 is 2.11 bits per heavy atom. The molecule has 0 radical (unpaired) electrons. The number of aliphatic hydroxyl groups excluding tert-OH is 1. The second-order valence-corrected chi connectivity index (χ2v) is 5.60. The standard InChI is InChI=1S/C14H22BrNO2/c1-10(2)13(17)6-7-16-9-11-4-5-14(18-3)12(15)8-11/h4-5,8,10,13,16-17H,6-7,9H2,1-3H3. The lowest BCUT2D eigenvalue weighted by Crippen LogP contribution is -2.23. The molecule has 0 saturated carbocycles. The Morgan fingerprint density at radius 1 is 1.39 bits per heavy atom. The summed E-state index contributed by atoms with van der Waals surface area (Å²) in [4.78, 5) is 0. The molecule has 1 atom stereocenters. The zero-order chi connectivity index (χ0) is 13.5. The third kappa shape index (κ3) is 4.96. The van der Waals surface area contributed by atoms with Crippen LogP contribution in [0.5, 0.6) is 5.75 Å². The quantitative estimate of drug-likeness (QED) is 0.760. The Labute approximate surface area is 118 Å². The van der Waals surface area contributed by atoms with Crippen LogP contribution in [-0.4, -0.2) is 24.9 Å². The predicted molar refractivity (Wildman–Crippen MR) is 77.9 cm³/mol. The van der Waals surface area contributed by atoms with E-state index in [1.807, 2.05) is 32.0 Å². The summed E-state index contributed by atoms with van der Waals surface area (Å²) in [5.74, 6) is 1.16. The summed E-state index contributed by atoms with van der Waals surface area (Å²) in [7, 11) is 1.66. The first kappa shape index (κ1) is 15.5. The Kier molecular flexibility index (Phi) is 6.68. The van der Waals surface area contributed by atoms with E-state index >= 15 is 0 Å². The number of ether oxygens (including phenoxy) is 1. The summed E-state index contributed by atoms with van der Waals surface area (Å²) in [6.45, 7) is 5.69. The molecule has 0 heterocycles. The van der Waals surface area contributed by atoms with Crippen molar-refractivity contribution in [2.45, 2.75) is 32.9 Å². The van der Waals surface area contributed by atoms with Gasteiger partial charge in [0.05, 0.1) is 17.7 Å². The van der Waals surface area contributed by atoms with Gasteiger partial charge >= 0.3 is 0 Å². The largest absolute Gasteiger partial charge is 0.496 e. The zero-order valence-corrected chi connectivity index (χ0v) is 12.8. The van der Waals surface area contributed by atoms with Crippen molar-refractivity contribution in [3.63, 3.8) is 0 Å². The molecule has 0 fully saturated rings. The first-order valence-electron chi connectivity index (χ1n) is 6.25. The summed E-state index contributed by atoms with van der Waals surface area (Å²) in [5.41, 5.74) is 1.20. The number of nitrogens with one attached hydrogen (secondary N) is 1. The maximum Gasteiger partial charge on any atom is 0.133 e. The number of rotatable bonds is 7. The van der Waals surface area contributed by atoms with Crippen LogP contribution in [0, 0.1) is 5.92 Å². The summed E-state index contributed by atoms with van der Waals surface area (Å²) >= 11 is 3.47.